The van der Waals surface area contributed by atoms with Crippen molar-refractivity contribution in [3.05, 3.63) is 17.0 Å². The number of rotatable bonds is 3. The van der Waals surface area contributed by atoms with Gasteiger partial charge in [-0.1, -0.05) is 0 Å². The minimum Gasteiger partial charge on any atom is -0.478 e. The number of carboxylic acid groups (broad SMARTS) is 1. The van der Waals surface area contributed by atoms with E-state index in [2.05, 4.69) is 10.6 Å². The summed E-state index contributed by atoms with van der Waals surface area (Å²) in [4.78, 5) is 22.6. The van der Waals surface area contributed by atoms with E-state index in [0.717, 1.165) is 24.3 Å². The van der Waals surface area contributed by atoms with Gasteiger partial charge in [-0.3, -0.25) is 5.32 Å². The third kappa shape index (κ3) is 3.39. The molecule has 7 heteroatoms. The maximum Gasteiger partial charge on any atom is 0.338 e. The van der Waals surface area contributed by atoms with E-state index < -0.39 is 5.97 Å². The largest absolute Gasteiger partial charge is 0.478 e. The molecular weight excluding hydrogens is 272 g/mol. The molecule has 1 aromatic rings. The van der Waals surface area contributed by atoms with Crippen LogP contribution in [0, 0.1) is 0 Å². The van der Waals surface area contributed by atoms with Crippen LogP contribution in [0.4, 0.5) is 9.80 Å². The highest BCUT2D eigenvalue weighted by Crippen LogP contribution is 2.23. The molecule has 0 radical (unpaired) electrons. The van der Waals surface area contributed by atoms with Crippen molar-refractivity contribution in [1.29, 1.82) is 0 Å². The van der Waals surface area contributed by atoms with Crippen LogP contribution in [0.15, 0.2) is 11.4 Å². The fourth-order valence-electron chi connectivity index (χ4n) is 1.75. The monoisotopic (exact) mass is 286 g/mol. The first-order valence-corrected chi connectivity index (χ1v) is 7.66. The summed E-state index contributed by atoms with van der Waals surface area (Å²) in [5.74, 6) is 1.04. The average Bonchev–Trinajstić information content (AvgIpc) is 2.78. The molecule has 0 spiro atoms. The molecule has 0 bridgehead atoms. The van der Waals surface area contributed by atoms with E-state index in [1.807, 2.05) is 11.8 Å². The van der Waals surface area contributed by atoms with Gasteiger partial charge in [-0.05, 0) is 30.0 Å². The summed E-state index contributed by atoms with van der Waals surface area (Å²) in [6.45, 7) is 0. The van der Waals surface area contributed by atoms with Gasteiger partial charge in [0.15, 0.2) is 0 Å². The zero-order valence-electron chi connectivity index (χ0n) is 9.64. The lowest BCUT2D eigenvalue weighted by Crippen LogP contribution is -2.40. The van der Waals surface area contributed by atoms with Gasteiger partial charge in [0.25, 0.3) is 0 Å². The molecule has 0 aliphatic carbocycles. The molecule has 2 rings (SSSR count). The fourth-order valence-corrected chi connectivity index (χ4v) is 3.60. The van der Waals surface area contributed by atoms with Gasteiger partial charge in [0, 0.05) is 11.8 Å². The first kappa shape index (κ1) is 13.2. The maximum absolute atomic E-state index is 11.7. The van der Waals surface area contributed by atoms with E-state index in [-0.39, 0.29) is 17.6 Å². The number of amides is 2. The van der Waals surface area contributed by atoms with Crippen LogP contribution in [0.1, 0.15) is 23.2 Å². The summed E-state index contributed by atoms with van der Waals surface area (Å²) in [5.41, 5.74) is 0.133. The van der Waals surface area contributed by atoms with E-state index in [0.29, 0.717) is 5.00 Å². The summed E-state index contributed by atoms with van der Waals surface area (Å²) < 4.78 is 0. The Hall–Kier alpha value is -1.21. The Labute approximate surface area is 113 Å². The molecule has 0 saturated carbocycles. The molecule has 1 aliphatic rings. The highest BCUT2D eigenvalue weighted by atomic mass is 32.2. The van der Waals surface area contributed by atoms with Gasteiger partial charge in [-0.2, -0.15) is 11.8 Å². The average molecular weight is 286 g/mol. The highest BCUT2D eigenvalue weighted by molar-refractivity contribution is 7.99. The number of nitrogens with one attached hydrogen (secondary N) is 2. The Kier molecular flexibility index (Phi) is 4.48. The second-order valence-corrected chi connectivity index (χ2v) is 6.05. The Balaban J connectivity index is 1.90. The first-order chi connectivity index (χ1) is 8.66. The predicted molar refractivity (Wildman–Crippen MR) is 73.8 cm³/mol. The summed E-state index contributed by atoms with van der Waals surface area (Å²) in [5, 5.41) is 16.4. The van der Waals surface area contributed by atoms with Crippen LogP contribution in [0.3, 0.4) is 0 Å². The van der Waals surface area contributed by atoms with Gasteiger partial charge in [0.1, 0.15) is 5.00 Å². The van der Waals surface area contributed by atoms with E-state index in [1.165, 1.54) is 17.4 Å². The zero-order valence-corrected chi connectivity index (χ0v) is 11.3. The summed E-state index contributed by atoms with van der Waals surface area (Å²) in [7, 11) is 0. The van der Waals surface area contributed by atoms with Crippen molar-refractivity contribution in [1.82, 2.24) is 5.32 Å². The Morgan fingerprint density at radius 1 is 1.44 bits per heavy atom. The lowest BCUT2D eigenvalue weighted by atomic mass is 10.2. The van der Waals surface area contributed by atoms with Crippen molar-refractivity contribution in [3.8, 4) is 0 Å². The number of anilines is 1. The second-order valence-electron chi connectivity index (χ2n) is 3.98. The molecule has 1 atom stereocenters. The number of urea groups is 1. The molecule has 5 nitrogen and oxygen atoms in total. The molecular formula is C11H14N2O3S2. The van der Waals surface area contributed by atoms with Crippen LogP contribution in [-0.4, -0.2) is 34.7 Å². The lowest BCUT2D eigenvalue weighted by molar-refractivity contribution is 0.0698. The topological polar surface area (TPSA) is 78.4 Å². The lowest BCUT2D eigenvalue weighted by Gasteiger charge is -2.22. The molecule has 1 fully saturated rings. The van der Waals surface area contributed by atoms with Crippen LogP contribution in [-0.2, 0) is 0 Å². The molecule has 0 aromatic carbocycles. The number of thioether (sulfide) groups is 1. The van der Waals surface area contributed by atoms with Crippen LogP contribution < -0.4 is 10.6 Å². The van der Waals surface area contributed by atoms with Gasteiger partial charge >= 0.3 is 12.0 Å². The number of carboxylic acids is 1. The minimum atomic E-state index is -1.03. The number of hydrogen-bond acceptors (Lipinski definition) is 4. The molecule has 1 saturated heterocycles. The van der Waals surface area contributed by atoms with Gasteiger partial charge in [0.2, 0.25) is 0 Å². The maximum atomic E-state index is 11.7. The highest BCUT2D eigenvalue weighted by Gasteiger charge is 2.18. The fraction of sp³-hybridized carbons (Fsp3) is 0.455. The van der Waals surface area contributed by atoms with Crippen molar-refractivity contribution in [2.45, 2.75) is 18.9 Å². The molecule has 2 heterocycles. The molecule has 18 heavy (non-hydrogen) atoms. The van der Waals surface area contributed by atoms with Crippen molar-refractivity contribution in [2.75, 3.05) is 16.8 Å². The van der Waals surface area contributed by atoms with Crippen molar-refractivity contribution >= 4 is 40.1 Å². The van der Waals surface area contributed by atoms with Crippen molar-refractivity contribution < 1.29 is 14.7 Å². The molecule has 1 aliphatic heterocycles. The Morgan fingerprint density at radius 2 is 2.28 bits per heavy atom. The van der Waals surface area contributed by atoms with Crippen molar-refractivity contribution in [2.24, 2.45) is 0 Å². The third-order valence-corrected chi connectivity index (χ3v) is 4.66. The number of carbonyl (C=O) groups excluding carboxylic acids is 1. The molecule has 98 valence electrons. The summed E-state index contributed by atoms with van der Waals surface area (Å²) >= 11 is 3.04. The van der Waals surface area contributed by atoms with E-state index in [9.17, 15) is 9.59 Å². The van der Waals surface area contributed by atoms with Gasteiger partial charge in [-0.15, -0.1) is 11.3 Å². The van der Waals surface area contributed by atoms with E-state index >= 15 is 0 Å². The standard InChI is InChI=1S/C11H14N2O3S2/c14-10(15)8-3-5-18-9(8)13-11(16)12-7-2-1-4-17-6-7/h3,5,7H,1-2,4,6H2,(H,14,15)(H2,12,13,16). The normalized spacial score (nSPS) is 19.2. The smallest absolute Gasteiger partial charge is 0.338 e. The SMILES string of the molecule is O=C(Nc1sccc1C(=O)O)NC1CCCSC1. The van der Waals surface area contributed by atoms with Crippen LogP contribution in [0.2, 0.25) is 0 Å². The Morgan fingerprint density at radius 3 is 2.94 bits per heavy atom. The van der Waals surface area contributed by atoms with Crippen LogP contribution in [0.5, 0.6) is 0 Å². The minimum absolute atomic E-state index is 0.133. The number of aromatic carboxylic acids is 1. The molecule has 2 amide bonds. The number of carbonyl (C=O) groups is 2. The van der Waals surface area contributed by atoms with E-state index in [1.54, 1.807) is 5.38 Å². The quantitative estimate of drug-likeness (QED) is 0.797. The van der Waals surface area contributed by atoms with Gasteiger partial charge < -0.3 is 10.4 Å². The first-order valence-electron chi connectivity index (χ1n) is 5.63. The van der Waals surface area contributed by atoms with Gasteiger partial charge in [-0.25, -0.2) is 9.59 Å². The third-order valence-electron chi connectivity index (χ3n) is 2.62. The van der Waals surface area contributed by atoms with Crippen LogP contribution >= 0.6 is 23.1 Å². The molecule has 3 N–H and O–H groups in total. The van der Waals surface area contributed by atoms with E-state index in [4.69, 9.17) is 5.11 Å². The molecule has 1 unspecified atom stereocenters. The predicted octanol–water partition coefficient (Wildman–Crippen LogP) is 2.46. The summed E-state index contributed by atoms with van der Waals surface area (Å²) in [6.07, 6.45) is 2.09. The number of thiophene rings is 1. The molecule has 1 aromatic heterocycles. The zero-order chi connectivity index (χ0) is 13.0. The van der Waals surface area contributed by atoms with Gasteiger partial charge in [0.05, 0.1) is 5.56 Å². The second kappa shape index (κ2) is 6.10. The number of hydrogen-bond donors (Lipinski definition) is 3. The Bertz CT molecular complexity index is 441. The van der Waals surface area contributed by atoms with Crippen molar-refractivity contribution in [3.63, 3.8) is 0 Å². The summed E-state index contributed by atoms with van der Waals surface area (Å²) in [6, 6.07) is 1.34. The van der Waals surface area contributed by atoms with Crippen LogP contribution in [0.25, 0.3) is 0 Å².